The van der Waals surface area contributed by atoms with Crippen LogP contribution in [-0.2, 0) is 0 Å². The first-order valence-electron chi connectivity index (χ1n) is 12.9. The highest BCUT2D eigenvalue weighted by Crippen LogP contribution is 2.51. The van der Waals surface area contributed by atoms with Gasteiger partial charge in [-0.1, -0.05) is 13.8 Å². The van der Waals surface area contributed by atoms with E-state index in [0.29, 0.717) is 24.8 Å². The second-order valence-electron chi connectivity index (χ2n) is 12.6. The Labute approximate surface area is 193 Å². The van der Waals surface area contributed by atoms with E-state index in [1.54, 1.807) is 0 Å². The number of ether oxygens (including phenoxy) is 1. The quantitative estimate of drug-likeness (QED) is 0.495. The van der Waals surface area contributed by atoms with E-state index in [9.17, 15) is 4.79 Å². The molecule has 0 N–H and O–H groups in total. The van der Waals surface area contributed by atoms with Crippen molar-refractivity contribution in [1.29, 1.82) is 0 Å². The molecule has 2 bridgehead atoms. The highest BCUT2D eigenvalue weighted by molar-refractivity contribution is 5.95. The highest BCUT2D eigenvalue weighted by Gasteiger charge is 2.42. The second-order valence-corrected chi connectivity index (χ2v) is 12.6. The third-order valence-electron chi connectivity index (χ3n) is 8.77. The van der Waals surface area contributed by atoms with Gasteiger partial charge < -0.3 is 9.64 Å². The van der Waals surface area contributed by atoms with Gasteiger partial charge in [0.05, 0.1) is 12.2 Å². The molecule has 0 aromatic heterocycles. The summed E-state index contributed by atoms with van der Waals surface area (Å²) in [5.41, 5.74) is 1.23. The van der Waals surface area contributed by atoms with E-state index in [4.69, 9.17) is 4.74 Å². The average Bonchev–Trinajstić information content (AvgIpc) is 3.47. The van der Waals surface area contributed by atoms with Crippen LogP contribution in [0.4, 0.5) is 4.39 Å². The van der Waals surface area contributed by atoms with Crippen molar-refractivity contribution in [2.24, 2.45) is 23.2 Å². The first kappa shape index (κ1) is 22.2. The van der Waals surface area contributed by atoms with Gasteiger partial charge in [0.1, 0.15) is 11.6 Å². The van der Waals surface area contributed by atoms with E-state index in [0.717, 1.165) is 49.0 Å². The number of nitrogens with zero attached hydrogens (tertiary/aromatic N) is 1. The molecule has 1 heterocycles. The lowest BCUT2D eigenvalue weighted by molar-refractivity contribution is 0.0143. The lowest BCUT2D eigenvalue weighted by Crippen LogP contribution is -2.43. The molecule has 1 amide bonds. The number of fused-ring (bicyclic) bond motifs is 2. The SMILES string of the molecule is CC1CC2CC(C1)CC(C)(COc1cc(F)c(C(=O)N3CCCC3(C)C)cc1C1CC1)C2. The summed E-state index contributed by atoms with van der Waals surface area (Å²) in [7, 11) is 0. The number of carbonyl (C=O) groups excluding carboxylic acids is 1. The molecule has 176 valence electrons. The fourth-order valence-corrected chi connectivity index (χ4v) is 7.28. The summed E-state index contributed by atoms with van der Waals surface area (Å²) >= 11 is 0. The first-order valence-corrected chi connectivity index (χ1v) is 12.9. The van der Waals surface area contributed by atoms with Crippen molar-refractivity contribution in [1.82, 2.24) is 4.90 Å². The van der Waals surface area contributed by atoms with Gasteiger partial charge in [0.25, 0.3) is 5.91 Å². The van der Waals surface area contributed by atoms with Crippen molar-refractivity contribution >= 4 is 5.91 Å². The number of benzene rings is 1. The molecule has 4 aliphatic rings. The Morgan fingerprint density at radius 1 is 1.12 bits per heavy atom. The van der Waals surface area contributed by atoms with Crippen molar-refractivity contribution < 1.29 is 13.9 Å². The minimum absolute atomic E-state index is 0.166. The molecule has 3 saturated carbocycles. The Kier molecular flexibility index (Phi) is 5.57. The van der Waals surface area contributed by atoms with E-state index in [2.05, 4.69) is 27.7 Å². The molecule has 2 unspecified atom stereocenters. The lowest BCUT2D eigenvalue weighted by atomic mass is 9.60. The molecule has 3 nitrogen and oxygen atoms in total. The predicted octanol–water partition coefficient (Wildman–Crippen LogP) is 6.95. The van der Waals surface area contributed by atoms with Crippen LogP contribution < -0.4 is 4.74 Å². The summed E-state index contributed by atoms with van der Waals surface area (Å²) in [6, 6.07) is 3.33. The summed E-state index contributed by atoms with van der Waals surface area (Å²) in [6.45, 7) is 10.3. The van der Waals surface area contributed by atoms with E-state index < -0.39 is 5.82 Å². The maximum Gasteiger partial charge on any atom is 0.257 e. The largest absolute Gasteiger partial charge is 0.493 e. The topological polar surface area (TPSA) is 29.5 Å². The molecule has 32 heavy (non-hydrogen) atoms. The van der Waals surface area contributed by atoms with Crippen molar-refractivity contribution in [2.75, 3.05) is 13.2 Å². The van der Waals surface area contributed by atoms with Gasteiger partial charge in [-0.3, -0.25) is 4.79 Å². The molecule has 4 heteroatoms. The van der Waals surface area contributed by atoms with E-state index in [-0.39, 0.29) is 22.4 Å². The van der Waals surface area contributed by atoms with Crippen LogP contribution in [0.1, 0.15) is 107 Å². The molecule has 5 rings (SSSR count). The molecular weight excluding hydrogens is 401 g/mol. The summed E-state index contributed by atoms with van der Waals surface area (Å²) < 4.78 is 21.6. The van der Waals surface area contributed by atoms with Crippen LogP contribution in [0.25, 0.3) is 0 Å². The van der Waals surface area contributed by atoms with E-state index in [1.807, 2.05) is 11.0 Å². The van der Waals surface area contributed by atoms with Gasteiger partial charge in [-0.2, -0.15) is 0 Å². The van der Waals surface area contributed by atoms with Gasteiger partial charge in [-0.25, -0.2) is 4.39 Å². The highest BCUT2D eigenvalue weighted by atomic mass is 19.1. The second kappa shape index (κ2) is 8.02. The van der Waals surface area contributed by atoms with Crippen LogP contribution >= 0.6 is 0 Å². The van der Waals surface area contributed by atoms with Crippen molar-refractivity contribution in [3.63, 3.8) is 0 Å². The zero-order valence-electron chi connectivity index (χ0n) is 20.4. The number of hydrogen-bond acceptors (Lipinski definition) is 2. The Bertz CT molecular complexity index is 872. The smallest absolute Gasteiger partial charge is 0.257 e. The maximum absolute atomic E-state index is 15.2. The summed E-state index contributed by atoms with van der Waals surface area (Å²) in [5, 5.41) is 0. The fraction of sp³-hybridized carbons (Fsp3) is 0.750. The number of rotatable bonds is 5. The van der Waals surface area contributed by atoms with Crippen molar-refractivity contribution in [3.8, 4) is 5.75 Å². The molecule has 1 aromatic rings. The van der Waals surface area contributed by atoms with Crippen LogP contribution in [0.5, 0.6) is 5.75 Å². The number of halogens is 1. The van der Waals surface area contributed by atoms with Gasteiger partial charge in [0.15, 0.2) is 0 Å². The molecule has 1 aliphatic heterocycles. The van der Waals surface area contributed by atoms with Crippen molar-refractivity contribution in [3.05, 3.63) is 29.1 Å². The monoisotopic (exact) mass is 441 g/mol. The van der Waals surface area contributed by atoms with Crippen LogP contribution in [0.3, 0.4) is 0 Å². The Hall–Kier alpha value is -1.58. The Balaban J connectivity index is 1.35. The number of carbonyl (C=O) groups is 1. The zero-order chi connectivity index (χ0) is 22.7. The molecule has 1 aromatic carbocycles. The molecule has 2 atom stereocenters. The minimum atomic E-state index is -0.434. The number of likely N-dealkylation sites (tertiary alicyclic amines) is 1. The maximum atomic E-state index is 15.2. The third kappa shape index (κ3) is 4.31. The molecule has 4 fully saturated rings. The van der Waals surface area contributed by atoms with Gasteiger partial charge in [-0.15, -0.1) is 0 Å². The normalized spacial score (nSPS) is 33.9. The molecular formula is C28H40FNO2. The van der Waals surface area contributed by atoms with E-state index >= 15 is 4.39 Å². The van der Waals surface area contributed by atoms with Crippen LogP contribution in [-0.4, -0.2) is 29.5 Å². The Morgan fingerprint density at radius 3 is 2.41 bits per heavy atom. The number of amides is 1. The van der Waals surface area contributed by atoms with Gasteiger partial charge >= 0.3 is 0 Å². The third-order valence-corrected chi connectivity index (χ3v) is 8.77. The summed E-state index contributed by atoms with van der Waals surface area (Å²) in [5.74, 6) is 2.96. The molecule has 3 aliphatic carbocycles. The van der Waals surface area contributed by atoms with Gasteiger partial charge in [-0.05, 0) is 107 Å². The fourth-order valence-electron chi connectivity index (χ4n) is 7.28. The summed E-state index contributed by atoms with van der Waals surface area (Å²) in [6.07, 6.45) is 10.7. The predicted molar refractivity (Wildman–Crippen MR) is 126 cm³/mol. The minimum Gasteiger partial charge on any atom is -0.493 e. The Morgan fingerprint density at radius 2 is 1.81 bits per heavy atom. The van der Waals surface area contributed by atoms with Crippen LogP contribution in [0, 0.1) is 29.0 Å². The number of hydrogen-bond donors (Lipinski definition) is 0. The van der Waals surface area contributed by atoms with Crippen molar-refractivity contribution in [2.45, 2.75) is 96.9 Å². The molecule has 0 spiro atoms. The first-order chi connectivity index (χ1) is 15.1. The van der Waals surface area contributed by atoms with Crippen LogP contribution in [0.15, 0.2) is 12.1 Å². The average molecular weight is 442 g/mol. The van der Waals surface area contributed by atoms with Gasteiger partial charge in [0.2, 0.25) is 0 Å². The van der Waals surface area contributed by atoms with E-state index in [1.165, 1.54) is 38.2 Å². The molecule has 1 saturated heterocycles. The van der Waals surface area contributed by atoms with Crippen LogP contribution in [0.2, 0.25) is 0 Å². The zero-order valence-corrected chi connectivity index (χ0v) is 20.4. The van der Waals surface area contributed by atoms with Gasteiger partial charge in [0, 0.05) is 23.6 Å². The summed E-state index contributed by atoms with van der Waals surface area (Å²) in [4.78, 5) is 15.1. The standard InChI is InChI=1S/C28H40FNO2/c1-18-10-19-12-20(11-18)16-28(4,15-19)17-32-25-14-24(29)23(13-22(25)21-6-7-21)26(31)30-9-5-8-27(30,2)3/h13-14,18-21H,5-12,15-17H2,1-4H3. The molecule has 0 radical (unpaired) electrons. The lowest BCUT2D eigenvalue weighted by Gasteiger charge is -2.47.